The molecule has 0 aromatic heterocycles. The summed E-state index contributed by atoms with van der Waals surface area (Å²) in [5, 5.41) is 0. The van der Waals surface area contributed by atoms with E-state index in [0.717, 1.165) is 11.1 Å². The van der Waals surface area contributed by atoms with Crippen LogP contribution in [0.3, 0.4) is 0 Å². The van der Waals surface area contributed by atoms with Gasteiger partial charge in [0.1, 0.15) is 12.4 Å². The van der Waals surface area contributed by atoms with Crippen LogP contribution in [-0.2, 0) is 16.1 Å². The molecule has 0 saturated carbocycles. The second-order valence-electron chi connectivity index (χ2n) is 7.09. The van der Waals surface area contributed by atoms with Gasteiger partial charge in [0.25, 0.3) is 0 Å². The second-order valence-corrected chi connectivity index (χ2v) is 7.95. The first-order valence-corrected chi connectivity index (χ1v) is 10.6. The molecule has 0 bridgehead atoms. The Kier molecular flexibility index (Phi) is 6.37. The number of cyclic esters (lactones) is 1. The van der Waals surface area contributed by atoms with Crippen molar-refractivity contribution in [3.05, 3.63) is 98.9 Å². The maximum atomic E-state index is 13.1. The summed E-state index contributed by atoms with van der Waals surface area (Å²) in [5.74, 6) is 0.234. The molecule has 0 unspecified atom stereocenters. The van der Waals surface area contributed by atoms with Crippen molar-refractivity contribution in [2.45, 2.75) is 13.5 Å². The molecule has 0 fully saturated rings. The molecule has 3 aromatic carbocycles. The van der Waals surface area contributed by atoms with Crippen LogP contribution < -0.4 is 9.47 Å². The van der Waals surface area contributed by atoms with E-state index in [1.165, 1.54) is 24.3 Å². The third-order valence-electron chi connectivity index (χ3n) is 4.90. The summed E-state index contributed by atoms with van der Waals surface area (Å²) in [6, 6.07) is 17.1. The molecule has 1 aliphatic rings. The number of hydrogen-bond acceptors (Lipinski definition) is 5. The van der Waals surface area contributed by atoms with Gasteiger partial charge in [-0.3, -0.25) is 0 Å². The summed E-state index contributed by atoms with van der Waals surface area (Å²) in [6.07, 6.45) is 1.59. The number of benzene rings is 3. The van der Waals surface area contributed by atoms with Gasteiger partial charge in [-0.15, -0.1) is 0 Å². The summed E-state index contributed by atoms with van der Waals surface area (Å²) in [6.45, 7) is 2.42. The lowest BCUT2D eigenvalue weighted by Gasteiger charge is -2.14. The van der Waals surface area contributed by atoms with Crippen LogP contribution in [-0.4, -0.2) is 19.0 Å². The Labute approximate surface area is 193 Å². The molecule has 0 N–H and O–H groups in total. The van der Waals surface area contributed by atoms with Crippen LogP contribution in [0.1, 0.15) is 22.3 Å². The molecule has 32 heavy (non-hydrogen) atoms. The number of nitrogens with zero attached hydrogens (tertiary/aromatic N) is 1. The Balaban J connectivity index is 1.59. The Bertz CT molecular complexity index is 1240. The van der Waals surface area contributed by atoms with E-state index in [1.54, 1.807) is 25.3 Å². The van der Waals surface area contributed by atoms with Gasteiger partial charge in [0.05, 0.1) is 11.6 Å². The molecule has 0 saturated heterocycles. The van der Waals surface area contributed by atoms with Crippen molar-refractivity contribution < 1.29 is 23.4 Å². The number of ether oxygens (including phenoxy) is 3. The number of halogens is 2. The highest BCUT2D eigenvalue weighted by Crippen LogP contribution is 2.38. The van der Waals surface area contributed by atoms with Crippen LogP contribution in [0.2, 0.25) is 0 Å². The van der Waals surface area contributed by atoms with Crippen molar-refractivity contribution in [1.29, 1.82) is 0 Å². The van der Waals surface area contributed by atoms with Crippen LogP contribution in [0.5, 0.6) is 11.5 Å². The van der Waals surface area contributed by atoms with Crippen molar-refractivity contribution in [2.24, 2.45) is 4.99 Å². The first kappa shape index (κ1) is 21.8. The lowest BCUT2D eigenvalue weighted by atomic mass is 10.1. The molecule has 3 aromatic rings. The van der Waals surface area contributed by atoms with E-state index in [2.05, 4.69) is 20.9 Å². The van der Waals surface area contributed by atoms with Crippen LogP contribution in [0.25, 0.3) is 6.08 Å². The monoisotopic (exact) mass is 495 g/mol. The van der Waals surface area contributed by atoms with Crippen LogP contribution >= 0.6 is 15.9 Å². The van der Waals surface area contributed by atoms with Gasteiger partial charge in [-0.05, 0) is 82.0 Å². The maximum Gasteiger partial charge on any atom is 0.363 e. The molecule has 4 rings (SSSR count). The zero-order valence-electron chi connectivity index (χ0n) is 17.4. The van der Waals surface area contributed by atoms with Gasteiger partial charge < -0.3 is 14.2 Å². The number of aliphatic imine (C=N–C) groups is 1. The minimum atomic E-state index is -0.584. The van der Waals surface area contributed by atoms with Crippen LogP contribution in [0.4, 0.5) is 4.39 Å². The molecule has 162 valence electrons. The van der Waals surface area contributed by atoms with Crippen molar-refractivity contribution in [3.8, 4) is 11.5 Å². The van der Waals surface area contributed by atoms with Crippen molar-refractivity contribution in [1.82, 2.24) is 0 Å². The molecule has 0 atom stereocenters. The van der Waals surface area contributed by atoms with Crippen LogP contribution in [0.15, 0.2) is 75.8 Å². The van der Waals surface area contributed by atoms with E-state index < -0.39 is 5.97 Å². The number of aryl methyl sites for hydroxylation is 1. The SMILES string of the molecule is COc1cc(/C=C2/N=C(c3ccc(F)cc3)OC2=O)cc(Br)c1OCc1ccccc1C. The Morgan fingerprint density at radius 2 is 1.88 bits per heavy atom. The normalized spacial score (nSPS) is 14.3. The fourth-order valence-corrected chi connectivity index (χ4v) is 3.74. The molecule has 1 aliphatic heterocycles. The Morgan fingerprint density at radius 3 is 2.59 bits per heavy atom. The van der Waals surface area contributed by atoms with E-state index in [-0.39, 0.29) is 17.4 Å². The van der Waals surface area contributed by atoms with Gasteiger partial charge in [0.15, 0.2) is 17.2 Å². The molecule has 5 nitrogen and oxygen atoms in total. The third-order valence-corrected chi connectivity index (χ3v) is 5.49. The largest absolute Gasteiger partial charge is 0.493 e. The number of carbonyl (C=O) groups excluding carboxylic acids is 1. The van der Waals surface area contributed by atoms with E-state index >= 15 is 0 Å². The molecule has 0 aliphatic carbocycles. The Hall–Kier alpha value is -3.45. The number of esters is 1. The number of methoxy groups -OCH3 is 1. The number of hydrogen-bond donors (Lipinski definition) is 0. The van der Waals surface area contributed by atoms with Gasteiger partial charge in [-0.25, -0.2) is 14.2 Å². The van der Waals surface area contributed by atoms with Gasteiger partial charge in [-0.2, -0.15) is 0 Å². The minimum Gasteiger partial charge on any atom is -0.493 e. The minimum absolute atomic E-state index is 0.130. The summed E-state index contributed by atoms with van der Waals surface area (Å²) in [7, 11) is 1.55. The lowest BCUT2D eigenvalue weighted by Crippen LogP contribution is -2.05. The fourth-order valence-electron chi connectivity index (χ4n) is 3.17. The zero-order valence-corrected chi connectivity index (χ0v) is 19.0. The van der Waals surface area contributed by atoms with E-state index in [1.807, 2.05) is 31.2 Å². The van der Waals surface area contributed by atoms with Gasteiger partial charge in [-0.1, -0.05) is 24.3 Å². The number of rotatable bonds is 6. The number of carbonyl (C=O) groups is 1. The van der Waals surface area contributed by atoms with Crippen molar-refractivity contribution >= 4 is 33.9 Å². The summed E-state index contributed by atoms with van der Waals surface area (Å²) in [5.41, 5.74) is 3.53. The van der Waals surface area contributed by atoms with E-state index in [4.69, 9.17) is 14.2 Å². The highest BCUT2D eigenvalue weighted by atomic mass is 79.9. The fraction of sp³-hybridized carbons (Fsp3) is 0.120. The van der Waals surface area contributed by atoms with Gasteiger partial charge in [0.2, 0.25) is 5.90 Å². The first-order chi connectivity index (χ1) is 15.4. The molecule has 7 heteroatoms. The standard InChI is InChI=1S/C25H19BrFNO4/c1-15-5-3-4-6-18(15)14-31-23-20(26)11-16(13-22(23)30-2)12-21-25(29)32-24(28-21)17-7-9-19(27)10-8-17/h3-13H,14H2,1-2H3/b21-12+. The molecule has 1 heterocycles. The van der Waals surface area contributed by atoms with Crippen LogP contribution in [0, 0.1) is 12.7 Å². The third kappa shape index (κ3) is 4.73. The Morgan fingerprint density at radius 1 is 1.12 bits per heavy atom. The van der Waals surface area contributed by atoms with E-state index in [9.17, 15) is 9.18 Å². The van der Waals surface area contributed by atoms with Crippen molar-refractivity contribution in [3.63, 3.8) is 0 Å². The van der Waals surface area contributed by atoms with Crippen molar-refractivity contribution in [2.75, 3.05) is 7.11 Å². The van der Waals surface area contributed by atoms with Gasteiger partial charge in [0, 0.05) is 5.56 Å². The molecule has 0 spiro atoms. The molecular formula is C25H19BrFNO4. The highest BCUT2D eigenvalue weighted by molar-refractivity contribution is 9.10. The average molecular weight is 496 g/mol. The van der Waals surface area contributed by atoms with Gasteiger partial charge >= 0.3 is 5.97 Å². The maximum absolute atomic E-state index is 13.1. The summed E-state index contributed by atoms with van der Waals surface area (Å²) >= 11 is 3.53. The zero-order chi connectivity index (χ0) is 22.7. The second kappa shape index (κ2) is 9.36. The summed E-state index contributed by atoms with van der Waals surface area (Å²) < 4.78 is 30.6. The average Bonchev–Trinajstić information content (AvgIpc) is 3.14. The first-order valence-electron chi connectivity index (χ1n) is 9.78. The quantitative estimate of drug-likeness (QED) is 0.319. The van der Waals surface area contributed by atoms with E-state index in [0.29, 0.717) is 33.7 Å². The molecule has 0 radical (unpaired) electrons. The predicted molar refractivity (Wildman–Crippen MR) is 123 cm³/mol. The molecular weight excluding hydrogens is 477 g/mol. The highest BCUT2D eigenvalue weighted by Gasteiger charge is 2.24. The smallest absolute Gasteiger partial charge is 0.363 e. The topological polar surface area (TPSA) is 57.1 Å². The lowest BCUT2D eigenvalue weighted by molar-refractivity contribution is -0.129. The predicted octanol–water partition coefficient (Wildman–Crippen LogP) is 5.83. The summed E-state index contributed by atoms with van der Waals surface area (Å²) in [4.78, 5) is 16.5. The molecule has 0 amide bonds.